The molecule has 2 atom stereocenters. The average Bonchev–Trinajstić information content (AvgIpc) is 2.52. The lowest BCUT2D eigenvalue weighted by Gasteiger charge is -2.20. The number of esters is 1. The SMILES string of the molecule is C#C[C@@]1(C)OC(C)(OC)O/C1=C/C(=O)OC. The largest absolute Gasteiger partial charge is 0.466 e. The molecule has 0 amide bonds. The lowest BCUT2D eigenvalue weighted by Crippen LogP contribution is -2.32. The summed E-state index contributed by atoms with van der Waals surface area (Å²) in [6.45, 7) is 3.16. The molecule has 1 rings (SSSR count). The van der Waals surface area contributed by atoms with Crippen molar-refractivity contribution < 1.29 is 23.7 Å². The normalized spacial score (nSPS) is 35.6. The van der Waals surface area contributed by atoms with Gasteiger partial charge in [-0.25, -0.2) is 4.79 Å². The molecule has 1 unspecified atom stereocenters. The molecule has 0 saturated carbocycles. The van der Waals surface area contributed by atoms with Crippen LogP contribution in [0.15, 0.2) is 11.8 Å². The Morgan fingerprint density at radius 2 is 2.12 bits per heavy atom. The number of methoxy groups -OCH3 is 2. The van der Waals surface area contributed by atoms with Gasteiger partial charge in [0.2, 0.25) is 0 Å². The molecule has 0 aromatic carbocycles. The van der Waals surface area contributed by atoms with Gasteiger partial charge in [-0.05, 0) is 6.92 Å². The highest BCUT2D eigenvalue weighted by Crippen LogP contribution is 2.39. The summed E-state index contributed by atoms with van der Waals surface area (Å²) in [4.78, 5) is 11.1. The second-order valence-electron chi connectivity index (χ2n) is 3.48. The molecule has 0 aliphatic carbocycles. The molecule has 0 bridgehead atoms. The van der Waals surface area contributed by atoms with Crippen LogP contribution in [0.25, 0.3) is 0 Å². The van der Waals surface area contributed by atoms with Crippen molar-refractivity contribution in [1.29, 1.82) is 0 Å². The predicted octanol–water partition coefficient (Wildman–Crippen LogP) is 0.802. The lowest BCUT2D eigenvalue weighted by atomic mass is 10.1. The van der Waals surface area contributed by atoms with E-state index in [-0.39, 0.29) is 5.76 Å². The standard InChI is InChI=1S/C11H14O5/c1-6-10(2)8(7-9(12)13-4)15-11(3,14-5)16-10/h1,7H,2-5H3/b8-7+/t10-,11?/m1/s1. The molecule has 5 heteroatoms. The molecule has 0 N–H and O–H groups in total. The van der Waals surface area contributed by atoms with Gasteiger partial charge in [-0.3, -0.25) is 4.74 Å². The van der Waals surface area contributed by atoms with Gasteiger partial charge in [-0.2, -0.15) is 0 Å². The Kier molecular flexibility index (Phi) is 3.27. The number of hydrogen-bond acceptors (Lipinski definition) is 5. The van der Waals surface area contributed by atoms with Crippen molar-refractivity contribution in [3.8, 4) is 12.3 Å². The molecule has 1 saturated heterocycles. The summed E-state index contributed by atoms with van der Waals surface area (Å²) in [7, 11) is 2.68. The highest BCUT2D eigenvalue weighted by atomic mass is 16.9. The maximum absolute atomic E-state index is 11.1. The summed E-state index contributed by atoms with van der Waals surface area (Å²) >= 11 is 0. The van der Waals surface area contributed by atoms with Gasteiger partial charge in [0.25, 0.3) is 0 Å². The van der Waals surface area contributed by atoms with E-state index in [9.17, 15) is 4.79 Å². The monoisotopic (exact) mass is 226 g/mol. The van der Waals surface area contributed by atoms with Crippen LogP contribution in [0.4, 0.5) is 0 Å². The smallest absolute Gasteiger partial charge is 0.334 e. The second kappa shape index (κ2) is 4.16. The fraction of sp³-hybridized carbons (Fsp3) is 0.545. The quantitative estimate of drug-likeness (QED) is 0.396. The van der Waals surface area contributed by atoms with E-state index in [0.717, 1.165) is 6.08 Å². The van der Waals surface area contributed by atoms with Crippen LogP contribution >= 0.6 is 0 Å². The molecule has 0 aromatic heterocycles. The van der Waals surface area contributed by atoms with E-state index in [1.165, 1.54) is 14.2 Å². The minimum absolute atomic E-state index is 0.186. The van der Waals surface area contributed by atoms with Gasteiger partial charge in [0.05, 0.1) is 13.2 Å². The number of rotatable bonds is 2. The van der Waals surface area contributed by atoms with Crippen molar-refractivity contribution in [1.82, 2.24) is 0 Å². The van der Waals surface area contributed by atoms with E-state index in [0.29, 0.717) is 0 Å². The zero-order chi connectivity index (χ0) is 12.4. The first-order chi connectivity index (χ1) is 7.39. The van der Waals surface area contributed by atoms with Crippen LogP contribution in [0.1, 0.15) is 13.8 Å². The van der Waals surface area contributed by atoms with Gasteiger partial charge in [0.1, 0.15) is 0 Å². The summed E-state index contributed by atoms with van der Waals surface area (Å²) in [6.07, 6.45) is 6.49. The van der Waals surface area contributed by atoms with Crippen LogP contribution in [0.5, 0.6) is 0 Å². The molecule has 0 radical (unpaired) electrons. The first kappa shape index (κ1) is 12.6. The van der Waals surface area contributed by atoms with Crippen LogP contribution in [0.2, 0.25) is 0 Å². The van der Waals surface area contributed by atoms with Crippen molar-refractivity contribution in [2.24, 2.45) is 0 Å². The number of carbonyl (C=O) groups is 1. The average molecular weight is 226 g/mol. The van der Waals surface area contributed by atoms with E-state index >= 15 is 0 Å². The highest BCUT2D eigenvalue weighted by Gasteiger charge is 2.50. The Hall–Kier alpha value is -1.51. The first-order valence-corrected chi connectivity index (χ1v) is 4.61. The van der Waals surface area contributed by atoms with Crippen LogP contribution < -0.4 is 0 Å². The summed E-state index contributed by atoms with van der Waals surface area (Å²) in [5.41, 5.74) is -1.14. The fourth-order valence-corrected chi connectivity index (χ4v) is 1.26. The van der Waals surface area contributed by atoms with Crippen LogP contribution in [0, 0.1) is 12.3 Å². The Morgan fingerprint density at radius 3 is 2.56 bits per heavy atom. The van der Waals surface area contributed by atoms with Crippen molar-refractivity contribution in [3.63, 3.8) is 0 Å². The van der Waals surface area contributed by atoms with Crippen molar-refractivity contribution in [3.05, 3.63) is 11.8 Å². The van der Waals surface area contributed by atoms with E-state index in [2.05, 4.69) is 10.7 Å². The van der Waals surface area contributed by atoms with E-state index in [1.807, 2.05) is 0 Å². The van der Waals surface area contributed by atoms with Crippen molar-refractivity contribution >= 4 is 5.97 Å². The maximum atomic E-state index is 11.1. The topological polar surface area (TPSA) is 54.0 Å². The summed E-state index contributed by atoms with van der Waals surface area (Å²) < 4.78 is 20.3. The molecule has 1 heterocycles. The number of ether oxygens (including phenoxy) is 4. The van der Waals surface area contributed by atoms with Gasteiger partial charge in [-0.1, -0.05) is 5.92 Å². The van der Waals surface area contributed by atoms with E-state index in [4.69, 9.17) is 20.6 Å². The van der Waals surface area contributed by atoms with Gasteiger partial charge >= 0.3 is 11.9 Å². The third-order valence-corrected chi connectivity index (χ3v) is 2.25. The molecular formula is C11H14O5. The van der Waals surface area contributed by atoms with Gasteiger partial charge in [0.15, 0.2) is 11.4 Å². The number of terminal acetylenes is 1. The molecule has 88 valence electrons. The molecule has 1 fully saturated rings. The van der Waals surface area contributed by atoms with Crippen molar-refractivity contribution in [2.45, 2.75) is 25.4 Å². The Bertz CT molecular complexity index is 367. The third-order valence-electron chi connectivity index (χ3n) is 2.25. The first-order valence-electron chi connectivity index (χ1n) is 4.61. The molecule has 0 aromatic rings. The van der Waals surface area contributed by atoms with Gasteiger partial charge in [-0.15, -0.1) is 6.42 Å². The highest BCUT2D eigenvalue weighted by molar-refractivity contribution is 5.82. The Balaban J connectivity index is 3.06. The molecular weight excluding hydrogens is 212 g/mol. The summed E-state index contributed by atoms with van der Waals surface area (Å²) in [5, 5.41) is 0. The summed E-state index contributed by atoms with van der Waals surface area (Å²) in [5.74, 6) is 0.733. The lowest BCUT2D eigenvalue weighted by molar-refractivity contribution is -0.314. The molecule has 5 nitrogen and oxygen atoms in total. The Labute approximate surface area is 94.3 Å². The third kappa shape index (κ3) is 2.18. The van der Waals surface area contributed by atoms with Crippen LogP contribution in [0.3, 0.4) is 0 Å². The van der Waals surface area contributed by atoms with Gasteiger partial charge in [0, 0.05) is 14.0 Å². The van der Waals surface area contributed by atoms with Gasteiger partial charge < -0.3 is 14.2 Å². The van der Waals surface area contributed by atoms with Crippen molar-refractivity contribution in [2.75, 3.05) is 14.2 Å². The zero-order valence-electron chi connectivity index (χ0n) is 9.70. The van der Waals surface area contributed by atoms with Crippen LogP contribution in [-0.2, 0) is 23.7 Å². The predicted molar refractivity (Wildman–Crippen MR) is 54.9 cm³/mol. The minimum atomic E-state index is -1.29. The van der Waals surface area contributed by atoms with Crippen LogP contribution in [-0.4, -0.2) is 31.8 Å². The number of hydrogen-bond donors (Lipinski definition) is 0. The zero-order valence-corrected chi connectivity index (χ0v) is 9.70. The molecule has 1 aliphatic heterocycles. The molecule has 0 spiro atoms. The van der Waals surface area contributed by atoms with E-state index in [1.54, 1.807) is 13.8 Å². The fourth-order valence-electron chi connectivity index (χ4n) is 1.26. The number of carbonyl (C=O) groups excluding carboxylic acids is 1. The Morgan fingerprint density at radius 1 is 1.50 bits per heavy atom. The van der Waals surface area contributed by atoms with E-state index < -0.39 is 17.5 Å². The maximum Gasteiger partial charge on any atom is 0.334 e. The second-order valence-corrected chi connectivity index (χ2v) is 3.48. The minimum Gasteiger partial charge on any atom is -0.466 e. The molecule has 16 heavy (non-hydrogen) atoms. The molecule has 1 aliphatic rings. The summed E-state index contributed by atoms with van der Waals surface area (Å²) in [6, 6.07) is 0.